The van der Waals surface area contributed by atoms with E-state index in [4.69, 9.17) is 9.47 Å². The first kappa shape index (κ1) is 19.0. The van der Waals surface area contributed by atoms with Gasteiger partial charge in [-0.25, -0.2) is 0 Å². The second-order valence-corrected chi connectivity index (χ2v) is 7.45. The van der Waals surface area contributed by atoms with Crippen LogP contribution in [0.3, 0.4) is 0 Å². The number of nitro groups is 1. The summed E-state index contributed by atoms with van der Waals surface area (Å²) in [6.07, 6.45) is 1.60. The van der Waals surface area contributed by atoms with Gasteiger partial charge in [0.15, 0.2) is 5.76 Å². The Kier molecular flexibility index (Phi) is 4.72. The molecule has 0 spiro atoms. The molecule has 5 rings (SSSR count). The molecule has 7 nitrogen and oxygen atoms in total. The minimum atomic E-state index is -0.461. The van der Waals surface area contributed by atoms with Crippen LogP contribution in [0.4, 0.5) is 5.69 Å². The topological polar surface area (TPSA) is 81.9 Å². The number of hydrogen-bond acceptors (Lipinski definition) is 6. The van der Waals surface area contributed by atoms with Gasteiger partial charge < -0.3 is 9.47 Å². The van der Waals surface area contributed by atoms with Crippen LogP contribution in [0.25, 0.3) is 6.08 Å². The van der Waals surface area contributed by atoms with Gasteiger partial charge in [-0.2, -0.15) is 0 Å². The normalized spacial score (nSPS) is 16.4. The highest BCUT2D eigenvalue weighted by Gasteiger charge is 2.33. The minimum Gasteiger partial charge on any atom is -0.478 e. The van der Waals surface area contributed by atoms with Gasteiger partial charge in [0.1, 0.15) is 18.2 Å². The molecule has 3 aromatic carbocycles. The molecule has 2 aliphatic heterocycles. The van der Waals surface area contributed by atoms with Crippen molar-refractivity contribution in [1.82, 2.24) is 4.90 Å². The van der Waals surface area contributed by atoms with Crippen molar-refractivity contribution in [1.29, 1.82) is 0 Å². The van der Waals surface area contributed by atoms with Crippen molar-refractivity contribution in [2.24, 2.45) is 0 Å². The molecule has 0 aliphatic carbocycles. The number of nitro benzene ring substituents is 1. The van der Waals surface area contributed by atoms with E-state index < -0.39 is 4.92 Å². The fourth-order valence-corrected chi connectivity index (χ4v) is 3.79. The van der Waals surface area contributed by atoms with Crippen molar-refractivity contribution in [2.45, 2.75) is 13.1 Å². The first-order chi connectivity index (χ1) is 15.1. The number of fused-ring (bicyclic) bond motifs is 3. The molecule has 0 amide bonds. The van der Waals surface area contributed by atoms with Gasteiger partial charge in [-0.15, -0.1) is 0 Å². The van der Waals surface area contributed by atoms with Gasteiger partial charge in [0, 0.05) is 25.2 Å². The molecule has 2 aliphatic rings. The van der Waals surface area contributed by atoms with E-state index in [-0.39, 0.29) is 17.2 Å². The molecule has 0 N–H and O–H groups in total. The summed E-state index contributed by atoms with van der Waals surface area (Å²) in [5.74, 6) is 1.22. The number of benzene rings is 3. The Morgan fingerprint density at radius 3 is 2.55 bits per heavy atom. The predicted octanol–water partition coefficient (Wildman–Crippen LogP) is 4.56. The number of carbonyl (C=O) groups excluding carboxylic acids is 1. The van der Waals surface area contributed by atoms with Crippen LogP contribution in [0.5, 0.6) is 11.5 Å². The van der Waals surface area contributed by atoms with Crippen LogP contribution in [0, 0.1) is 10.1 Å². The highest BCUT2D eigenvalue weighted by atomic mass is 16.6. The Bertz CT molecular complexity index is 1200. The monoisotopic (exact) mass is 414 g/mol. The summed E-state index contributed by atoms with van der Waals surface area (Å²) in [5, 5.41) is 10.8. The van der Waals surface area contributed by atoms with Crippen molar-refractivity contribution in [3.05, 3.63) is 105 Å². The fourth-order valence-electron chi connectivity index (χ4n) is 3.79. The third-order valence-electron chi connectivity index (χ3n) is 5.33. The van der Waals surface area contributed by atoms with E-state index in [0.717, 1.165) is 12.1 Å². The lowest BCUT2D eigenvalue weighted by atomic mass is 10.0. The second-order valence-electron chi connectivity index (χ2n) is 7.45. The van der Waals surface area contributed by atoms with Crippen molar-refractivity contribution in [2.75, 3.05) is 6.73 Å². The van der Waals surface area contributed by atoms with Crippen molar-refractivity contribution in [3.63, 3.8) is 0 Å². The summed E-state index contributed by atoms with van der Waals surface area (Å²) in [7, 11) is 0. The molecule has 3 aromatic rings. The highest BCUT2D eigenvalue weighted by molar-refractivity contribution is 6.15. The molecule has 154 valence electrons. The Hall–Kier alpha value is -3.97. The number of non-ortho nitro benzene ring substituents is 1. The Morgan fingerprint density at radius 1 is 1.03 bits per heavy atom. The van der Waals surface area contributed by atoms with Crippen molar-refractivity contribution >= 4 is 17.5 Å². The van der Waals surface area contributed by atoms with Crippen molar-refractivity contribution < 1.29 is 19.2 Å². The SMILES string of the molecule is O=C1/C(=C/c2ccc([N+](=O)[O-])cc2)Oc2c1ccc1c2CN(Cc2ccccc2)CO1. The zero-order valence-electron chi connectivity index (χ0n) is 16.5. The van der Waals surface area contributed by atoms with Gasteiger partial charge in [-0.1, -0.05) is 30.3 Å². The zero-order chi connectivity index (χ0) is 21.4. The van der Waals surface area contributed by atoms with E-state index in [1.807, 2.05) is 24.3 Å². The van der Waals surface area contributed by atoms with Crippen LogP contribution in [0.2, 0.25) is 0 Å². The summed E-state index contributed by atoms with van der Waals surface area (Å²) in [4.78, 5) is 25.4. The molecule has 0 saturated carbocycles. The first-order valence-electron chi connectivity index (χ1n) is 9.82. The van der Waals surface area contributed by atoms with Gasteiger partial charge in [0.05, 0.1) is 16.1 Å². The molecular formula is C24H18N2O5. The first-order valence-corrected chi connectivity index (χ1v) is 9.82. The van der Waals surface area contributed by atoms with Gasteiger partial charge in [0.25, 0.3) is 5.69 Å². The third kappa shape index (κ3) is 3.67. The van der Waals surface area contributed by atoms with Crippen LogP contribution < -0.4 is 9.47 Å². The average molecular weight is 414 g/mol. The Morgan fingerprint density at radius 2 is 1.81 bits per heavy atom. The van der Waals surface area contributed by atoms with Crippen LogP contribution in [0.15, 0.2) is 72.5 Å². The zero-order valence-corrected chi connectivity index (χ0v) is 16.5. The smallest absolute Gasteiger partial charge is 0.269 e. The number of hydrogen-bond donors (Lipinski definition) is 0. The van der Waals surface area contributed by atoms with Gasteiger partial charge in [-0.05, 0) is 41.5 Å². The minimum absolute atomic E-state index is 0.00571. The van der Waals surface area contributed by atoms with E-state index in [1.165, 1.54) is 17.7 Å². The maximum atomic E-state index is 12.9. The number of nitrogens with zero attached hydrogens (tertiary/aromatic N) is 2. The van der Waals surface area contributed by atoms with Crippen LogP contribution in [0.1, 0.15) is 27.0 Å². The molecule has 0 atom stereocenters. The largest absolute Gasteiger partial charge is 0.478 e. The number of rotatable bonds is 4. The van der Waals surface area contributed by atoms with Crippen molar-refractivity contribution in [3.8, 4) is 11.5 Å². The molecule has 0 saturated heterocycles. The van der Waals surface area contributed by atoms with E-state index in [2.05, 4.69) is 17.0 Å². The molecule has 0 bridgehead atoms. The molecule has 2 heterocycles. The number of ether oxygens (including phenoxy) is 2. The number of carbonyl (C=O) groups is 1. The Labute approximate surface area is 178 Å². The summed E-state index contributed by atoms with van der Waals surface area (Å²) >= 11 is 0. The second kappa shape index (κ2) is 7.70. The number of ketones is 1. The molecule has 0 radical (unpaired) electrons. The lowest BCUT2D eigenvalue weighted by molar-refractivity contribution is -0.384. The van der Waals surface area contributed by atoms with Crippen LogP contribution >= 0.6 is 0 Å². The number of allylic oxidation sites excluding steroid dienone is 1. The molecule has 7 heteroatoms. The lowest BCUT2D eigenvalue weighted by Crippen LogP contribution is -2.31. The van der Waals surface area contributed by atoms with Gasteiger partial charge >= 0.3 is 0 Å². The van der Waals surface area contributed by atoms with E-state index in [0.29, 0.717) is 35.9 Å². The molecule has 0 unspecified atom stereocenters. The van der Waals surface area contributed by atoms with E-state index in [9.17, 15) is 14.9 Å². The van der Waals surface area contributed by atoms with Gasteiger partial charge in [0.2, 0.25) is 5.78 Å². The lowest BCUT2D eigenvalue weighted by Gasteiger charge is -2.29. The van der Waals surface area contributed by atoms with E-state index in [1.54, 1.807) is 24.3 Å². The Balaban J connectivity index is 1.41. The molecule has 31 heavy (non-hydrogen) atoms. The summed E-state index contributed by atoms with van der Waals surface area (Å²) in [6, 6.07) is 19.6. The molecule has 0 aromatic heterocycles. The standard InChI is InChI=1S/C24H18N2O5/c27-23-19-10-11-21-20(14-25(15-30-21)13-17-4-2-1-3-5-17)24(19)31-22(23)12-16-6-8-18(9-7-16)26(28)29/h1-12H,13-15H2/b22-12-. The maximum Gasteiger partial charge on any atom is 0.269 e. The molecular weight excluding hydrogens is 396 g/mol. The molecule has 0 fully saturated rings. The summed E-state index contributed by atoms with van der Waals surface area (Å²) < 4.78 is 11.9. The van der Waals surface area contributed by atoms with Crippen LogP contribution in [-0.2, 0) is 13.1 Å². The fraction of sp³-hybridized carbons (Fsp3) is 0.125. The number of Topliss-reactive ketones (excluding diaryl/α,β-unsaturated/α-hetero) is 1. The third-order valence-corrected chi connectivity index (χ3v) is 5.33. The highest BCUT2D eigenvalue weighted by Crippen LogP contribution is 2.42. The summed E-state index contributed by atoms with van der Waals surface area (Å²) in [6.45, 7) is 1.79. The average Bonchev–Trinajstić information content (AvgIpc) is 3.10. The summed E-state index contributed by atoms with van der Waals surface area (Å²) in [5.41, 5.74) is 3.17. The van der Waals surface area contributed by atoms with Crippen LogP contribution in [-0.4, -0.2) is 22.3 Å². The predicted molar refractivity (Wildman–Crippen MR) is 114 cm³/mol. The van der Waals surface area contributed by atoms with Gasteiger partial charge in [-0.3, -0.25) is 19.8 Å². The maximum absolute atomic E-state index is 12.9. The quantitative estimate of drug-likeness (QED) is 0.354. The van der Waals surface area contributed by atoms with E-state index >= 15 is 0 Å².